The minimum Gasteiger partial charge on any atom is -0.449 e. The lowest BCUT2D eigenvalue weighted by molar-refractivity contribution is -0.129. The Kier molecular flexibility index (Phi) is 6.72. The van der Waals surface area contributed by atoms with Gasteiger partial charge in [-0.3, -0.25) is 4.79 Å². The molecule has 0 bridgehead atoms. The Balaban J connectivity index is 1.80. The zero-order valence-corrected chi connectivity index (χ0v) is 15.2. The van der Waals surface area contributed by atoms with Crippen molar-refractivity contribution >= 4 is 17.6 Å². The predicted octanol–water partition coefficient (Wildman–Crippen LogP) is 2.80. The fourth-order valence-electron chi connectivity index (χ4n) is 2.30. The van der Waals surface area contributed by atoms with Crippen LogP contribution in [0, 0.1) is 5.82 Å². The zero-order chi connectivity index (χ0) is 19.1. The molecule has 2 aromatic carbocycles. The van der Waals surface area contributed by atoms with Crippen molar-refractivity contribution in [2.45, 2.75) is 19.4 Å². The smallest absolute Gasteiger partial charge is 0.338 e. The van der Waals surface area contributed by atoms with Crippen LogP contribution in [0.15, 0.2) is 48.5 Å². The van der Waals surface area contributed by atoms with Gasteiger partial charge in [0.1, 0.15) is 5.82 Å². The third-order valence-corrected chi connectivity index (χ3v) is 3.90. The maximum Gasteiger partial charge on any atom is 0.338 e. The van der Waals surface area contributed by atoms with Crippen LogP contribution in [0.2, 0.25) is 0 Å². The summed E-state index contributed by atoms with van der Waals surface area (Å²) in [4.78, 5) is 26.1. The molecule has 0 aliphatic heterocycles. The summed E-state index contributed by atoms with van der Waals surface area (Å²) in [5.74, 6) is -1.21. The third kappa shape index (κ3) is 5.58. The fourth-order valence-corrected chi connectivity index (χ4v) is 2.30. The normalized spacial score (nSPS) is 11.5. The highest BCUT2D eigenvalue weighted by Crippen LogP contribution is 2.13. The molecular formula is C20H23FN2O3. The van der Waals surface area contributed by atoms with Crippen molar-refractivity contribution < 1.29 is 18.7 Å². The number of ether oxygens (including phenoxy) is 1. The predicted molar refractivity (Wildman–Crippen MR) is 98.8 cm³/mol. The summed E-state index contributed by atoms with van der Waals surface area (Å²) in [6.45, 7) is 1.91. The molecule has 5 nitrogen and oxygen atoms in total. The van der Waals surface area contributed by atoms with Gasteiger partial charge in [0, 0.05) is 26.3 Å². The van der Waals surface area contributed by atoms with Crippen molar-refractivity contribution in [3.8, 4) is 0 Å². The van der Waals surface area contributed by atoms with Crippen LogP contribution in [-0.4, -0.2) is 38.6 Å². The molecule has 0 spiro atoms. The molecule has 0 saturated carbocycles. The minimum atomic E-state index is -0.899. The Morgan fingerprint density at radius 1 is 1.08 bits per heavy atom. The van der Waals surface area contributed by atoms with Crippen LogP contribution in [-0.2, 0) is 16.0 Å². The maximum absolute atomic E-state index is 12.8. The molecule has 1 unspecified atom stereocenters. The van der Waals surface area contributed by atoms with Crippen LogP contribution in [0.3, 0.4) is 0 Å². The summed E-state index contributed by atoms with van der Waals surface area (Å²) in [7, 11) is 3.82. The lowest BCUT2D eigenvalue weighted by atomic mass is 10.1. The van der Waals surface area contributed by atoms with Gasteiger partial charge in [0.2, 0.25) is 0 Å². The van der Waals surface area contributed by atoms with E-state index < -0.39 is 12.1 Å². The van der Waals surface area contributed by atoms with E-state index in [1.54, 1.807) is 24.3 Å². The van der Waals surface area contributed by atoms with Gasteiger partial charge in [-0.25, -0.2) is 9.18 Å². The number of carbonyl (C=O) groups excluding carboxylic acids is 2. The first-order valence-corrected chi connectivity index (χ1v) is 8.37. The Morgan fingerprint density at radius 2 is 1.69 bits per heavy atom. The number of nitrogens with one attached hydrogen (secondary N) is 1. The number of nitrogens with zero attached hydrogens (tertiary/aromatic N) is 1. The molecular weight excluding hydrogens is 335 g/mol. The van der Waals surface area contributed by atoms with E-state index in [9.17, 15) is 14.0 Å². The molecule has 26 heavy (non-hydrogen) atoms. The van der Waals surface area contributed by atoms with Crippen molar-refractivity contribution in [2.75, 3.05) is 25.5 Å². The number of hydrogen-bond acceptors (Lipinski definition) is 4. The second kappa shape index (κ2) is 8.99. The molecule has 6 heteroatoms. The highest BCUT2D eigenvalue weighted by Gasteiger charge is 2.18. The van der Waals surface area contributed by atoms with E-state index >= 15 is 0 Å². The van der Waals surface area contributed by atoms with E-state index in [1.165, 1.54) is 19.1 Å². The molecule has 0 aliphatic rings. The van der Waals surface area contributed by atoms with E-state index in [-0.39, 0.29) is 11.7 Å². The molecule has 2 rings (SSSR count). The van der Waals surface area contributed by atoms with Crippen LogP contribution < -0.4 is 10.2 Å². The molecule has 0 heterocycles. The topological polar surface area (TPSA) is 58.6 Å². The summed E-state index contributed by atoms with van der Waals surface area (Å²) in [6.07, 6.45) is -0.331. The lowest BCUT2D eigenvalue weighted by Gasteiger charge is -2.15. The highest BCUT2D eigenvalue weighted by atomic mass is 19.1. The second-order valence-corrected chi connectivity index (χ2v) is 6.16. The van der Waals surface area contributed by atoms with Crippen LogP contribution >= 0.6 is 0 Å². The Morgan fingerprint density at radius 3 is 2.27 bits per heavy atom. The average Bonchev–Trinajstić information content (AvgIpc) is 2.63. The number of benzene rings is 2. The van der Waals surface area contributed by atoms with Gasteiger partial charge < -0.3 is 15.0 Å². The summed E-state index contributed by atoms with van der Waals surface area (Å²) in [5.41, 5.74) is 2.27. The van der Waals surface area contributed by atoms with Gasteiger partial charge in [-0.05, 0) is 55.3 Å². The molecule has 1 N–H and O–H groups in total. The van der Waals surface area contributed by atoms with Gasteiger partial charge in [0.15, 0.2) is 6.10 Å². The van der Waals surface area contributed by atoms with Crippen molar-refractivity contribution in [1.29, 1.82) is 0 Å². The minimum absolute atomic E-state index is 0.295. The van der Waals surface area contributed by atoms with Crippen molar-refractivity contribution in [1.82, 2.24) is 5.32 Å². The van der Waals surface area contributed by atoms with Crippen molar-refractivity contribution in [3.05, 3.63) is 65.5 Å². The molecule has 0 aromatic heterocycles. The quantitative estimate of drug-likeness (QED) is 0.774. The summed E-state index contributed by atoms with van der Waals surface area (Å²) >= 11 is 0. The molecule has 138 valence electrons. The molecule has 0 saturated heterocycles. The second-order valence-electron chi connectivity index (χ2n) is 6.16. The SMILES string of the molecule is CC(OC(=O)c1ccc(N(C)C)cc1)C(=O)NCCc1ccc(F)cc1. The fraction of sp³-hybridized carbons (Fsp3) is 0.300. The van der Waals surface area contributed by atoms with E-state index in [4.69, 9.17) is 4.74 Å². The van der Waals surface area contributed by atoms with Crippen LogP contribution in [0.4, 0.5) is 10.1 Å². The van der Waals surface area contributed by atoms with Gasteiger partial charge in [-0.15, -0.1) is 0 Å². The zero-order valence-electron chi connectivity index (χ0n) is 15.2. The van der Waals surface area contributed by atoms with E-state index in [2.05, 4.69) is 5.32 Å². The first kappa shape index (κ1) is 19.4. The standard InChI is InChI=1S/C20H23FN2O3/c1-14(19(24)22-13-12-15-4-8-17(21)9-5-15)26-20(25)16-6-10-18(11-7-16)23(2)3/h4-11,14H,12-13H2,1-3H3,(H,22,24). The molecule has 2 aromatic rings. The number of anilines is 1. The Bertz CT molecular complexity index is 743. The van der Waals surface area contributed by atoms with E-state index in [0.29, 0.717) is 18.5 Å². The van der Waals surface area contributed by atoms with E-state index in [1.807, 2.05) is 31.1 Å². The summed E-state index contributed by atoms with van der Waals surface area (Å²) in [6, 6.07) is 13.0. The molecule has 0 fully saturated rings. The van der Waals surface area contributed by atoms with Gasteiger partial charge in [0.25, 0.3) is 5.91 Å². The highest BCUT2D eigenvalue weighted by molar-refractivity contribution is 5.92. The number of hydrogen-bond donors (Lipinski definition) is 1. The first-order valence-electron chi connectivity index (χ1n) is 8.37. The van der Waals surface area contributed by atoms with Gasteiger partial charge in [0.05, 0.1) is 5.56 Å². The van der Waals surface area contributed by atoms with Gasteiger partial charge in [-0.2, -0.15) is 0 Å². The largest absolute Gasteiger partial charge is 0.449 e. The monoisotopic (exact) mass is 358 g/mol. The molecule has 1 atom stereocenters. The number of carbonyl (C=O) groups is 2. The number of amides is 1. The molecule has 0 aliphatic carbocycles. The van der Waals surface area contributed by atoms with Crippen LogP contribution in [0.5, 0.6) is 0 Å². The van der Waals surface area contributed by atoms with Crippen LogP contribution in [0.1, 0.15) is 22.8 Å². The molecule has 0 radical (unpaired) electrons. The number of esters is 1. The van der Waals surface area contributed by atoms with Crippen LogP contribution in [0.25, 0.3) is 0 Å². The average molecular weight is 358 g/mol. The lowest BCUT2D eigenvalue weighted by Crippen LogP contribution is -2.36. The Labute approximate surface area is 152 Å². The van der Waals surface area contributed by atoms with Gasteiger partial charge in [-0.1, -0.05) is 12.1 Å². The van der Waals surface area contributed by atoms with Gasteiger partial charge >= 0.3 is 5.97 Å². The summed E-state index contributed by atoms with van der Waals surface area (Å²) < 4.78 is 18.0. The van der Waals surface area contributed by atoms with E-state index in [0.717, 1.165) is 11.3 Å². The number of halogens is 1. The number of rotatable bonds is 7. The maximum atomic E-state index is 12.8. The van der Waals surface area contributed by atoms with Crippen molar-refractivity contribution in [2.24, 2.45) is 0 Å². The summed E-state index contributed by atoms with van der Waals surface area (Å²) in [5, 5.41) is 2.71. The van der Waals surface area contributed by atoms with Crippen molar-refractivity contribution in [3.63, 3.8) is 0 Å². The molecule has 1 amide bonds. The first-order chi connectivity index (χ1) is 12.4. The third-order valence-electron chi connectivity index (χ3n) is 3.90. The Hall–Kier alpha value is -2.89.